The molecule has 1 amide bonds. The average molecular weight is 272 g/mol. The first-order chi connectivity index (χ1) is 9.76. The molecular formula is C14H16N4O2. The molecule has 2 heterocycles. The summed E-state index contributed by atoms with van der Waals surface area (Å²) < 4.78 is 5.28. The molecule has 0 bridgehead atoms. The van der Waals surface area contributed by atoms with Crippen molar-refractivity contribution in [2.75, 3.05) is 18.4 Å². The van der Waals surface area contributed by atoms with Gasteiger partial charge in [-0.1, -0.05) is 17.3 Å². The molecule has 1 fully saturated rings. The van der Waals surface area contributed by atoms with Crippen molar-refractivity contribution in [3.05, 3.63) is 29.7 Å². The van der Waals surface area contributed by atoms with E-state index in [4.69, 9.17) is 4.52 Å². The number of amides is 1. The summed E-state index contributed by atoms with van der Waals surface area (Å²) in [5.74, 6) is 1.81. The molecule has 6 nitrogen and oxygen atoms in total. The fraction of sp³-hybridized carbons (Fsp3) is 0.357. The molecule has 1 aliphatic rings. The van der Waals surface area contributed by atoms with Crippen LogP contribution in [0.2, 0.25) is 0 Å². The number of carbonyl (C=O) groups excluding carboxylic acids is 1. The molecule has 6 heteroatoms. The maximum absolute atomic E-state index is 10.6. The van der Waals surface area contributed by atoms with E-state index in [0.717, 1.165) is 36.3 Å². The van der Waals surface area contributed by atoms with Crippen LogP contribution in [0.3, 0.4) is 0 Å². The molecule has 3 rings (SSSR count). The Morgan fingerprint density at radius 2 is 2.35 bits per heavy atom. The van der Waals surface area contributed by atoms with Gasteiger partial charge in [0.05, 0.1) is 0 Å². The Balaban J connectivity index is 1.81. The Morgan fingerprint density at radius 3 is 3.05 bits per heavy atom. The number of hydrogen-bond donors (Lipinski definition) is 2. The highest BCUT2D eigenvalue weighted by Gasteiger charge is 2.20. The van der Waals surface area contributed by atoms with Gasteiger partial charge >= 0.3 is 0 Å². The molecule has 1 aromatic carbocycles. The van der Waals surface area contributed by atoms with E-state index >= 15 is 0 Å². The van der Waals surface area contributed by atoms with E-state index < -0.39 is 0 Å². The largest absolute Gasteiger partial charge is 0.339 e. The van der Waals surface area contributed by atoms with E-state index in [1.54, 1.807) is 0 Å². The molecule has 0 atom stereocenters. The zero-order chi connectivity index (χ0) is 13.9. The number of anilines is 1. The number of aryl methyl sites for hydroxylation is 1. The van der Waals surface area contributed by atoms with Crippen LogP contribution in [0, 0.1) is 12.8 Å². The summed E-state index contributed by atoms with van der Waals surface area (Å²) in [6.45, 7) is 3.95. The highest BCUT2D eigenvalue weighted by atomic mass is 16.5. The van der Waals surface area contributed by atoms with Gasteiger partial charge in [0, 0.05) is 17.7 Å². The van der Waals surface area contributed by atoms with Crippen LogP contribution in [0.15, 0.2) is 22.7 Å². The molecule has 20 heavy (non-hydrogen) atoms. The number of rotatable bonds is 5. The Labute approximate surface area is 116 Å². The van der Waals surface area contributed by atoms with Crippen molar-refractivity contribution in [3.63, 3.8) is 0 Å². The summed E-state index contributed by atoms with van der Waals surface area (Å²) in [5, 5.41) is 9.89. The van der Waals surface area contributed by atoms with E-state index in [0.29, 0.717) is 24.0 Å². The van der Waals surface area contributed by atoms with Gasteiger partial charge in [-0.05, 0) is 37.6 Å². The molecule has 0 radical (unpaired) electrons. The monoisotopic (exact) mass is 272 g/mol. The van der Waals surface area contributed by atoms with Crippen molar-refractivity contribution in [1.82, 2.24) is 15.5 Å². The van der Waals surface area contributed by atoms with Crippen molar-refractivity contribution in [1.29, 1.82) is 0 Å². The molecule has 0 saturated carbocycles. The van der Waals surface area contributed by atoms with Gasteiger partial charge in [-0.25, -0.2) is 0 Å². The van der Waals surface area contributed by atoms with E-state index in [-0.39, 0.29) is 0 Å². The van der Waals surface area contributed by atoms with Gasteiger partial charge in [-0.3, -0.25) is 4.79 Å². The minimum atomic E-state index is 0.557. The lowest BCUT2D eigenvalue weighted by Crippen LogP contribution is -2.43. The predicted molar refractivity (Wildman–Crippen MR) is 74.2 cm³/mol. The molecule has 1 aliphatic heterocycles. The zero-order valence-corrected chi connectivity index (χ0v) is 11.2. The van der Waals surface area contributed by atoms with Crippen LogP contribution in [0.5, 0.6) is 0 Å². The SMILES string of the molecule is Cc1ccc(-c2noc(CC3CNC3)n2)cc1NC=O. The van der Waals surface area contributed by atoms with E-state index in [9.17, 15) is 4.79 Å². The lowest BCUT2D eigenvalue weighted by molar-refractivity contribution is -0.105. The first-order valence-electron chi connectivity index (χ1n) is 6.61. The number of nitrogens with one attached hydrogen (secondary N) is 2. The molecule has 0 unspecified atom stereocenters. The standard InChI is InChI=1S/C14H16N4O2/c1-9-2-3-11(5-12(9)16-8-19)14-17-13(20-18-14)4-10-6-15-7-10/h2-3,5,8,10,15H,4,6-7H2,1H3,(H,16,19). The highest BCUT2D eigenvalue weighted by molar-refractivity contribution is 5.76. The van der Waals surface area contributed by atoms with Crippen LogP contribution < -0.4 is 10.6 Å². The third-order valence-corrected chi connectivity index (χ3v) is 3.51. The molecule has 0 spiro atoms. The second kappa shape index (κ2) is 5.42. The summed E-state index contributed by atoms with van der Waals surface area (Å²) in [6, 6.07) is 5.70. The number of hydrogen-bond acceptors (Lipinski definition) is 5. The smallest absolute Gasteiger partial charge is 0.227 e. The number of aromatic nitrogens is 2. The van der Waals surface area contributed by atoms with Crippen molar-refractivity contribution in [2.45, 2.75) is 13.3 Å². The molecule has 1 saturated heterocycles. The molecule has 2 N–H and O–H groups in total. The molecule has 0 aliphatic carbocycles. The minimum absolute atomic E-state index is 0.557. The van der Waals surface area contributed by atoms with Crippen molar-refractivity contribution < 1.29 is 9.32 Å². The fourth-order valence-corrected chi connectivity index (χ4v) is 2.17. The van der Waals surface area contributed by atoms with Crippen molar-refractivity contribution >= 4 is 12.1 Å². The molecule has 2 aromatic rings. The topological polar surface area (TPSA) is 80.1 Å². The molecule has 104 valence electrons. The lowest BCUT2D eigenvalue weighted by Gasteiger charge is -2.25. The number of nitrogens with zero attached hydrogens (tertiary/aromatic N) is 2. The maximum Gasteiger partial charge on any atom is 0.227 e. The van der Waals surface area contributed by atoms with Crippen LogP contribution in [0.1, 0.15) is 11.5 Å². The van der Waals surface area contributed by atoms with Crippen LogP contribution >= 0.6 is 0 Å². The van der Waals surface area contributed by atoms with Crippen molar-refractivity contribution in [2.24, 2.45) is 5.92 Å². The predicted octanol–water partition coefficient (Wildman–Crippen LogP) is 1.38. The summed E-state index contributed by atoms with van der Waals surface area (Å²) in [5.41, 5.74) is 2.58. The quantitative estimate of drug-likeness (QED) is 0.804. The van der Waals surface area contributed by atoms with Crippen LogP contribution in [0.25, 0.3) is 11.4 Å². The van der Waals surface area contributed by atoms with Crippen LogP contribution in [-0.4, -0.2) is 29.6 Å². The summed E-state index contributed by atoms with van der Waals surface area (Å²) >= 11 is 0. The Hall–Kier alpha value is -2.21. The number of benzene rings is 1. The van der Waals surface area contributed by atoms with Gasteiger partial charge in [0.2, 0.25) is 18.1 Å². The highest BCUT2D eigenvalue weighted by Crippen LogP contribution is 2.23. The third-order valence-electron chi connectivity index (χ3n) is 3.51. The first-order valence-corrected chi connectivity index (χ1v) is 6.61. The lowest BCUT2D eigenvalue weighted by atomic mass is 10.00. The first kappa shape index (κ1) is 12.8. The zero-order valence-electron chi connectivity index (χ0n) is 11.2. The average Bonchev–Trinajstić information content (AvgIpc) is 2.85. The summed E-state index contributed by atoms with van der Waals surface area (Å²) in [4.78, 5) is 15.0. The summed E-state index contributed by atoms with van der Waals surface area (Å²) in [7, 11) is 0. The van der Waals surface area contributed by atoms with Gasteiger partial charge in [0.25, 0.3) is 0 Å². The van der Waals surface area contributed by atoms with Crippen LogP contribution in [0.4, 0.5) is 5.69 Å². The van der Waals surface area contributed by atoms with Crippen molar-refractivity contribution in [3.8, 4) is 11.4 Å². The second-order valence-corrected chi connectivity index (χ2v) is 5.03. The Bertz CT molecular complexity index is 619. The summed E-state index contributed by atoms with van der Waals surface area (Å²) in [6.07, 6.45) is 1.47. The second-order valence-electron chi connectivity index (χ2n) is 5.03. The minimum Gasteiger partial charge on any atom is -0.339 e. The van der Waals surface area contributed by atoms with E-state index in [1.165, 1.54) is 0 Å². The van der Waals surface area contributed by atoms with Gasteiger partial charge in [-0.2, -0.15) is 4.98 Å². The normalized spacial score (nSPS) is 14.8. The van der Waals surface area contributed by atoms with Gasteiger partial charge in [-0.15, -0.1) is 0 Å². The third kappa shape index (κ3) is 2.55. The van der Waals surface area contributed by atoms with Gasteiger partial charge in [0.1, 0.15) is 0 Å². The van der Waals surface area contributed by atoms with E-state index in [2.05, 4.69) is 20.8 Å². The Morgan fingerprint density at radius 1 is 1.50 bits per heavy atom. The fourth-order valence-electron chi connectivity index (χ4n) is 2.17. The Kier molecular flexibility index (Phi) is 3.47. The molecular weight excluding hydrogens is 256 g/mol. The molecule has 1 aromatic heterocycles. The maximum atomic E-state index is 10.6. The van der Waals surface area contributed by atoms with Crippen LogP contribution in [-0.2, 0) is 11.2 Å². The van der Waals surface area contributed by atoms with Gasteiger partial charge < -0.3 is 15.2 Å². The van der Waals surface area contributed by atoms with E-state index in [1.807, 2.05) is 25.1 Å². The van der Waals surface area contributed by atoms with Gasteiger partial charge in [0.15, 0.2) is 0 Å². The number of carbonyl (C=O) groups is 1.